The Labute approximate surface area is 149 Å². The van der Waals surface area contributed by atoms with E-state index in [2.05, 4.69) is 10.6 Å². The predicted octanol–water partition coefficient (Wildman–Crippen LogP) is 4.57. The van der Waals surface area contributed by atoms with Crippen LogP contribution >= 0.6 is 0 Å². The summed E-state index contributed by atoms with van der Waals surface area (Å²) in [5.41, 5.74) is 1.64. The van der Waals surface area contributed by atoms with Gasteiger partial charge in [-0.05, 0) is 36.4 Å². The smallest absolute Gasteiger partial charge is 0.339 e. The second-order valence-electron chi connectivity index (χ2n) is 5.54. The fraction of sp³-hybridized carbons (Fsp3) is 0. The second kappa shape index (κ2) is 7.40. The van der Waals surface area contributed by atoms with E-state index in [0.717, 1.165) is 0 Å². The highest BCUT2D eigenvalue weighted by Gasteiger charge is 2.20. The molecule has 0 heterocycles. The third-order valence-corrected chi connectivity index (χ3v) is 3.70. The van der Waals surface area contributed by atoms with E-state index in [4.69, 9.17) is 0 Å². The average Bonchev–Trinajstić information content (AvgIpc) is 2.62. The molecule has 0 aliphatic rings. The summed E-state index contributed by atoms with van der Waals surface area (Å²) in [4.78, 5) is 23.4. The third-order valence-electron chi connectivity index (χ3n) is 3.70. The summed E-state index contributed by atoms with van der Waals surface area (Å²) in [6, 6.07) is 20.6. The summed E-state index contributed by atoms with van der Waals surface area (Å²) in [6.45, 7) is 0. The Morgan fingerprint density at radius 2 is 1.08 bits per heavy atom. The molecule has 0 bridgehead atoms. The second-order valence-corrected chi connectivity index (χ2v) is 5.54. The van der Waals surface area contributed by atoms with E-state index in [-0.39, 0.29) is 22.5 Å². The highest BCUT2D eigenvalue weighted by atomic mass is 16.4. The zero-order valence-electron chi connectivity index (χ0n) is 13.6. The molecule has 0 atom stereocenters. The number of hydrogen-bond donors (Lipinski definition) is 4. The number of hydrogen-bond acceptors (Lipinski definition) is 4. The van der Waals surface area contributed by atoms with Gasteiger partial charge in [-0.3, -0.25) is 0 Å². The quantitative estimate of drug-likeness (QED) is 0.521. The number of aromatic carboxylic acids is 2. The molecule has 0 spiro atoms. The van der Waals surface area contributed by atoms with E-state index in [9.17, 15) is 19.8 Å². The van der Waals surface area contributed by atoms with Gasteiger partial charge in [-0.2, -0.15) is 0 Å². The highest BCUT2D eigenvalue weighted by molar-refractivity contribution is 6.05. The molecule has 0 fully saturated rings. The first-order valence-corrected chi connectivity index (χ1v) is 7.83. The lowest BCUT2D eigenvalue weighted by molar-refractivity contribution is 0.0683. The van der Waals surface area contributed by atoms with Crippen LogP contribution in [-0.2, 0) is 0 Å². The van der Waals surface area contributed by atoms with Crippen LogP contribution in [0.5, 0.6) is 0 Å². The Balaban J connectivity index is 2.12. The summed E-state index contributed by atoms with van der Waals surface area (Å²) >= 11 is 0. The number of carboxylic acid groups (broad SMARTS) is 2. The van der Waals surface area contributed by atoms with Gasteiger partial charge in [0.05, 0.1) is 16.9 Å². The molecule has 0 unspecified atom stereocenters. The highest BCUT2D eigenvalue weighted by Crippen LogP contribution is 2.31. The van der Waals surface area contributed by atoms with Crippen LogP contribution in [-0.4, -0.2) is 22.2 Å². The van der Waals surface area contributed by atoms with Crippen LogP contribution in [0, 0.1) is 0 Å². The number of anilines is 4. The molecule has 0 saturated carbocycles. The van der Waals surface area contributed by atoms with Gasteiger partial charge in [-0.15, -0.1) is 0 Å². The molecule has 0 aromatic heterocycles. The lowest BCUT2D eigenvalue weighted by Crippen LogP contribution is -2.10. The monoisotopic (exact) mass is 348 g/mol. The molecule has 130 valence electrons. The molecule has 0 aliphatic heterocycles. The Kier molecular flexibility index (Phi) is 4.85. The van der Waals surface area contributed by atoms with E-state index in [1.807, 2.05) is 12.1 Å². The molecular weight excluding hydrogens is 332 g/mol. The maximum atomic E-state index is 11.9. The van der Waals surface area contributed by atoms with Crippen molar-refractivity contribution in [2.45, 2.75) is 0 Å². The first-order chi connectivity index (χ1) is 12.5. The fourth-order valence-electron chi connectivity index (χ4n) is 2.55. The molecule has 3 aromatic carbocycles. The first-order valence-electron chi connectivity index (χ1n) is 7.83. The van der Waals surface area contributed by atoms with Gasteiger partial charge in [-0.1, -0.05) is 36.4 Å². The minimum absolute atomic E-state index is 0.0214. The van der Waals surface area contributed by atoms with E-state index < -0.39 is 11.9 Å². The molecule has 3 aromatic rings. The lowest BCUT2D eigenvalue weighted by Gasteiger charge is -2.16. The van der Waals surface area contributed by atoms with Gasteiger partial charge >= 0.3 is 11.9 Å². The molecule has 3 rings (SSSR count). The zero-order valence-corrected chi connectivity index (χ0v) is 13.6. The molecular formula is C20H16N2O4. The number of benzene rings is 3. The Bertz CT molecular complexity index is 878. The number of nitrogens with one attached hydrogen (secondary N) is 2. The molecule has 4 N–H and O–H groups in total. The van der Waals surface area contributed by atoms with Crippen LogP contribution in [0.15, 0.2) is 72.8 Å². The average molecular weight is 348 g/mol. The summed E-state index contributed by atoms with van der Waals surface area (Å²) in [6.07, 6.45) is 0. The van der Waals surface area contributed by atoms with E-state index in [1.54, 1.807) is 48.5 Å². The van der Waals surface area contributed by atoms with Crippen molar-refractivity contribution in [1.29, 1.82) is 0 Å². The summed E-state index contributed by atoms with van der Waals surface area (Å²) in [7, 11) is 0. The number of rotatable bonds is 6. The number of carbonyl (C=O) groups is 2. The normalized spacial score (nSPS) is 10.2. The lowest BCUT2D eigenvalue weighted by atomic mass is 10.0. The van der Waals surface area contributed by atoms with E-state index in [0.29, 0.717) is 11.4 Å². The van der Waals surface area contributed by atoms with Gasteiger partial charge in [0.1, 0.15) is 5.56 Å². The van der Waals surface area contributed by atoms with E-state index >= 15 is 0 Å². The maximum absolute atomic E-state index is 11.9. The van der Waals surface area contributed by atoms with Crippen molar-refractivity contribution < 1.29 is 19.8 Å². The number of carboxylic acids is 2. The zero-order chi connectivity index (χ0) is 18.5. The van der Waals surface area contributed by atoms with Crippen LogP contribution in [0.3, 0.4) is 0 Å². The third kappa shape index (κ3) is 3.81. The minimum atomic E-state index is -1.17. The topological polar surface area (TPSA) is 98.7 Å². The largest absolute Gasteiger partial charge is 0.478 e. The van der Waals surface area contributed by atoms with Crippen molar-refractivity contribution >= 4 is 34.7 Å². The van der Waals surface area contributed by atoms with Gasteiger partial charge < -0.3 is 20.8 Å². The summed E-state index contributed by atoms with van der Waals surface area (Å²) in [5.74, 6) is -2.31. The first kappa shape index (κ1) is 17.0. The maximum Gasteiger partial charge on any atom is 0.339 e. The molecule has 6 heteroatoms. The van der Waals surface area contributed by atoms with Crippen molar-refractivity contribution in [3.8, 4) is 0 Å². The van der Waals surface area contributed by atoms with Crippen LogP contribution in [0.4, 0.5) is 22.7 Å². The van der Waals surface area contributed by atoms with Gasteiger partial charge in [-0.25, -0.2) is 9.59 Å². The molecule has 0 saturated heterocycles. The van der Waals surface area contributed by atoms with Crippen molar-refractivity contribution in [2.75, 3.05) is 10.6 Å². The SMILES string of the molecule is O=C(O)c1cc(Nc2ccccc2)c(C(=O)O)c(Nc2ccccc2)c1. The standard InChI is InChI=1S/C20H16N2O4/c23-19(24)13-11-16(21-14-7-3-1-4-8-14)18(20(25)26)17(12-13)22-15-9-5-2-6-10-15/h1-12,21-22H,(H,23,24)(H,25,26). The van der Waals surface area contributed by atoms with Crippen LogP contribution < -0.4 is 10.6 Å². The van der Waals surface area contributed by atoms with Gasteiger partial charge in [0, 0.05) is 11.4 Å². The van der Waals surface area contributed by atoms with Crippen LogP contribution in [0.1, 0.15) is 20.7 Å². The van der Waals surface area contributed by atoms with Crippen molar-refractivity contribution in [2.24, 2.45) is 0 Å². The van der Waals surface area contributed by atoms with Crippen molar-refractivity contribution in [3.05, 3.63) is 83.9 Å². The predicted molar refractivity (Wildman–Crippen MR) is 99.8 cm³/mol. The van der Waals surface area contributed by atoms with Crippen molar-refractivity contribution in [1.82, 2.24) is 0 Å². The summed E-state index contributed by atoms with van der Waals surface area (Å²) < 4.78 is 0. The van der Waals surface area contributed by atoms with Crippen LogP contribution in [0.2, 0.25) is 0 Å². The molecule has 0 aliphatic carbocycles. The Morgan fingerprint density at radius 1 is 0.654 bits per heavy atom. The molecule has 6 nitrogen and oxygen atoms in total. The molecule has 26 heavy (non-hydrogen) atoms. The number of para-hydroxylation sites is 2. The Morgan fingerprint density at radius 3 is 1.42 bits per heavy atom. The molecule has 0 amide bonds. The molecule has 0 radical (unpaired) electrons. The van der Waals surface area contributed by atoms with E-state index in [1.165, 1.54) is 12.1 Å². The van der Waals surface area contributed by atoms with Crippen molar-refractivity contribution in [3.63, 3.8) is 0 Å². The fourth-order valence-corrected chi connectivity index (χ4v) is 2.55. The van der Waals surface area contributed by atoms with Gasteiger partial charge in [0.2, 0.25) is 0 Å². The summed E-state index contributed by atoms with van der Waals surface area (Å²) in [5, 5.41) is 25.1. The van der Waals surface area contributed by atoms with Crippen LogP contribution in [0.25, 0.3) is 0 Å². The Hall–Kier alpha value is -3.80. The van der Waals surface area contributed by atoms with Gasteiger partial charge in [0.25, 0.3) is 0 Å². The van der Waals surface area contributed by atoms with Gasteiger partial charge in [0.15, 0.2) is 0 Å². The minimum Gasteiger partial charge on any atom is -0.478 e.